The van der Waals surface area contributed by atoms with Gasteiger partial charge in [0.25, 0.3) is 11.8 Å². The molecule has 2 aromatic heterocycles. The van der Waals surface area contributed by atoms with E-state index >= 15 is 0 Å². The predicted octanol–water partition coefficient (Wildman–Crippen LogP) is 4.39. The fourth-order valence-electron chi connectivity index (χ4n) is 5.76. The van der Waals surface area contributed by atoms with Gasteiger partial charge in [-0.15, -0.1) is 0 Å². The molecule has 6 rings (SSSR count). The number of rotatable bonds is 5. The van der Waals surface area contributed by atoms with Gasteiger partial charge in [-0.05, 0) is 43.7 Å². The van der Waals surface area contributed by atoms with Crippen molar-refractivity contribution in [3.63, 3.8) is 0 Å². The van der Waals surface area contributed by atoms with E-state index in [0.29, 0.717) is 41.3 Å². The highest BCUT2D eigenvalue weighted by atomic mass is 32.1. The molecular weight excluding hydrogens is 470 g/mol. The van der Waals surface area contributed by atoms with E-state index in [1.54, 1.807) is 0 Å². The Hall–Kier alpha value is -3.65. The smallest absolute Gasteiger partial charge is 0.274 e. The molecule has 1 aliphatic carbocycles. The lowest BCUT2D eigenvalue weighted by Gasteiger charge is -2.27. The molecule has 2 amide bonds. The standard InChI is InChI=1S/C28H29N5O2S/c1-15-7-6-8-17(11-15)25-24(31-28(29)36-25)27(35)33-14-18-12-20(18)22(33)13-30-26(34)23-16(2)32(3)21-10-5-4-9-19(21)23/h4-11,18,20,22H,12-14H2,1-3H3,(H2,29,31)(H,30,34)/t18-,20-,22-/m1/s1. The van der Waals surface area contributed by atoms with Crippen molar-refractivity contribution in [3.8, 4) is 10.4 Å². The van der Waals surface area contributed by atoms with Crippen LogP contribution in [-0.2, 0) is 7.05 Å². The average Bonchev–Trinajstić information content (AvgIpc) is 3.26. The van der Waals surface area contributed by atoms with Crippen LogP contribution in [0.2, 0.25) is 0 Å². The van der Waals surface area contributed by atoms with Gasteiger partial charge in [-0.3, -0.25) is 9.59 Å². The molecule has 0 unspecified atom stereocenters. The zero-order valence-electron chi connectivity index (χ0n) is 20.6. The Morgan fingerprint density at radius 2 is 1.97 bits per heavy atom. The van der Waals surface area contributed by atoms with Crippen LogP contribution < -0.4 is 11.1 Å². The highest BCUT2D eigenvalue weighted by Gasteiger charge is 2.54. The number of thiazole rings is 1. The zero-order valence-corrected chi connectivity index (χ0v) is 21.4. The van der Waals surface area contributed by atoms with Crippen molar-refractivity contribution in [2.75, 3.05) is 18.8 Å². The number of anilines is 1. The molecule has 2 aliphatic rings. The van der Waals surface area contributed by atoms with Gasteiger partial charge in [0.15, 0.2) is 5.13 Å². The molecule has 1 saturated heterocycles. The first kappa shape index (κ1) is 22.8. The molecule has 184 valence electrons. The van der Waals surface area contributed by atoms with E-state index in [-0.39, 0.29) is 17.9 Å². The summed E-state index contributed by atoms with van der Waals surface area (Å²) in [4.78, 5) is 34.2. The normalized spacial score (nSPS) is 20.5. The monoisotopic (exact) mass is 499 g/mol. The molecule has 2 fully saturated rings. The molecule has 2 aromatic carbocycles. The first-order valence-electron chi connectivity index (χ1n) is 12.3. The maximum Gasteiger partial charge on any atom is 0.274 e. The molecule has 3 atom stereocenters. The lowest BCUT2D eigenvalue weighted by molar-refractivity contribution is 0.0691. The summed E-state index contributed by atoms with van der Waals surface area (Å²) in [5.41, 5.74) is 11.2. The summed E-state index contributed by atoms with van der Waals surface area (Å²) in [6, 6.07) is 15.9. The van der Waals surface area contributed by atoms with Crippen molar-refractivity contribution < 1.29 is 9.59 Å². The maximum absolute atomic E-state index is 13.8. The molecular formula is C28H29N5O2S. The summed E-state index contributed by atoms with van der Waals surface area (Å²) in [5, 5.41) is 4.48. The van der Waals surface area contributed by atoms with Crippen LogP contribution >= 0.6 is 11.3 Å². The second-order valence-corrected chi connectivity index (χ2v) is 11.1. The van der Waals surface area contributed by atoms with Crippen LogP contribution in [0, 0.1) is 25.7 Å². The molecule has 4 aromatic rings. The minimum atomic E-state index is -0.104. The number of carbonyl (C=O) groups is 2. The van der Waals surface area contributed by atoms with Crippen LogP contribution in [0.15, 0.2) is 48.5 Å². The fourth-order valence-corrected chi connectivity index (χ4v) is 6.58. The minimum absolute atomic E-state index is 0.0463. The van der Waals surface area contributed by atoms with Gasteiger partial charge >= 0.3 is 0 Å². The highest BCUT2D eigenvalue weighted by molar-refractivity contribution is 7.19. The number of likely N-dealkylation sites (tertiary alicyclic amines) is 1. The Bertz CT molecular complexity index is 1520. The number of carbonyl (C=O) groups excluding carboxylic acids is 2. The number of aromatic nitrogens is 2. The van der Waals surface area contributed by atoms with Gasteiger partial charge < -0.3 is 20.5 Å². The van der Waals surface area contributed by atoms with Crippen LogP contribution in [0.5, 0.6) is 0 Å². The molecule has 1 saturated carbocycles. The summed E-state index contributed by atoms with van der Waals surface area (Å²) in [6.45, 7) is 5.12. The van der Waals surface area contributed by atoms with Gasteiger partial charge in [-0.1, -0.05) is 59.4 Å². The first-order chi connectivity index (χ1) is 17.3. The van der Waals surface area contributed by atoms with Crippen molar-refractivity contribution in [2.24, 2.45) is 18.9 Å². The number of nitrogens with two attached hydrogens (primary N) is 1. The number of para-hydroxylation sites is 1. The van der Waals surface area contributed by atoms with Gasteiger partial charge in [-0.25, -0.2) is 4.98 Å². The van der Waals surface area contributed by atoms with E-state index in [0.717, 1.165) is 39.0 Å². The number of hydrogen-bond acceptors (Lipinski definition) is 5. The van der Waals surface area contributed by atoms with E-state index in [4.69, 9.17) is 5.73 Å². The summed E-state index contributed by atoms with van der Waals surface area (Å²) < 4.78 is 2.05. The molecule has 0 radical (unpaired) electrons. The van der Waals surface area contributed by atoms with E-state index in [1.165, 1.54) is 11.3 Å². The Kier molecular flexibility index (Phi) is 5.37. The van der Waals surface area contributed by atoms with E-state index < -0.39 is 0 Å². The Morgan fingerprint density at radius 1 is 1.17 bits per heavy atom. The van der Waals surface area contributed by atoms with E-state index in [9.17, 15) is 9.59 Å². The summed E-state index contributed by atoms with van der Waals surface area (Å²) >= 11 is 1.34. The molecule has 0 bridgehead atoms. The van der Waals surface area contributed by atoms with Crippen LogP contribution in [0.3, 0.4) is 0 Å². The Balaban J connectivity index is 1.25. The molecule has 0 spiro atoms. The molecule has 7 nitrogen and oxygen atoms in total. The second-order valence-electron chi connectivity index (χ2n) is 10.0. The number of benzene rings is 2. The van der Waals surface area contributed by atoms with Crippen LogP contribution in [0.1, 0.15) is 38.5 Å². The fraction of sp³-hybridized carbons (Fsp3) is 0.321. The molecule has 3 heterocycles. The average molecular weight is 500 g/mol. The molecule has 3 N–H and O–H groups in total. The van der Waals surface area contributed by atoms with Crippen LogP contribution in [0.25, 0.3) is 21.3 Å². The number of nitrogens with zero attached hydrogens (tertiary/aromatic N) is 3. The number of aryl methyl sites for hydroxylation is 2. The maximum atomic E-state index is 13.8. The van der Waals surface area contributed by atoms with Crippen LogP contribution in [0.4, 0.5) is 5.13 Å². The van der Waals surface area contributed by atoms with Gasteiger partial charge in [0, 0.05) is 36.7 Å². The van der Waals surface area contributed by atoms with Gasteiger partial charge in [0.2, 0.25) is 0 Å². The van der Waals surface area contributed by atoms with E-state index in [2.05, 4.69) is 16.4 Å². The third-order valence-corrected chi connectivity index (χ3v) is 8.72. The van der Waals surface area contributed by atoms with E-state index in [1.807, 2.05) is 72.8 Å². The van der Waals surface area contributed by atoms with Gasteiger partial charge in [0.05, 0.1) is 16.5 Å². The molecule has 36 heavy (non-hydrogen) atoms. The second kappa shape index (κ2) is 8.48. The van der Waals surface area contributed by atoms with Crippen molar-refractivity contribution >= 4 is 39.2 Å². The van der Waals surface area contributed by atoms with Crippen molar-refractivity contribution in [2.45, 2.75) is 26.3 Å². The van der Waals surface area contributed by atoms with Gasteiger partial charge in [-0.2, -0.15) is 0 Å². The number of nitrogens with one attached hydrogen (secondary N) is 1. The Morgan fingerprint density at radius 3 is 2.78 bits per heavy atom. The van der Waals surface area contributed by atoms with Crippen molar-refractivity contribution in [1.82, 2.24) is 19.8 Å². The summed E-state index contributed by atoms with van der Waals surface area (Å²) in [7, 11) is 1.98. The molecule has 1 aliphatic heterocycles. The number of piperidine rings is 1. The Labute approximate surface area is 213 Å². The minimum Gasteiger partial charge on any atom is -0.375 e. The zero-order chi connectivity index (χ0) is 25.1. The van der Waals surface area contributed by atoms with Gasteiger partial charge in [0.1, 0.15) is 5.69 Å². The lowest BCUT2D eigenvalue weighted by Crippen LogP contribution is -2.45. The highest BCUT2D eigenvalue weighted by Crippen LogP contribution is 2.50. The third kappa shape index (κ3) is 3.67. The number of hydrogen-bond donors (Lipinski definition) is 2. The topological polar surface area (TPSA) is 93.2 Å². The predicted molar refractivity (Wildman–Crippen MR) is 143 cm³/mol. The summed E-state index contributed by atoms with van der Waals surface area (Å²) in [5.74, 6) is 0.709. The largest absolute Gasteiger partial charge is 0.375 e. The van der Waals surface area contributed by atoms with Crippen molar-refractivity contribution in [3.05, 3.63) is 71.0 Å². The molecule has 8 heteroatoms. The third-order valence-electron chi connectivity index (χ3n) is 7.79. The van der Waals surface area contributed by atoms with Crippen molar-refractivity contribution in [1.29, 1.82) is 0 Å². The number of amides is 2. The lowest BCUT2D eigenvalue weighted by atomic mass is 10.1. The van der Waals surface area contributed by atoms with Crippen LogP contribution in [-0.4, -0.2) is 45.4 Å². The number of nitrogen functional groups attached to an aromatic ring is 1. The summed E-state index contributed by atoms with van der Waals surface area (Å²) in [6.07, 6.45) is 1.10. The first-order valence-corrected chi connectivity index (χ1v) is 13.1. The quantitative estimate of drug-likeness (QED) is 0.426. The SMILES string of the molecule is Cc1cccc(-c2sc(N)nc2C(=O)N2C[C@H]3C[C@H]3[C@H]2CNC(=O)c2c(C)n(C)c3ccccc23)c1. The number of fused-ring (bicyclic) bond motifs is 2.